The minimum absolute atomic E-state index is 0.0328. The van der Waals surface area contributed by atoms with E-state index in [1.807, 2.05) is 30.3 Å². The normalized spacial score (nSPS) is 15.2. The van der Waals surface area contributed by atoms with Crippen LogP contribution in [0, 0.1) is 0 Å². The smallest absolute Gasteiger partial charge is 0.193 e. The van der Waals surface area contributed by atoms with Crippen LogP contribution in [0.15, 0.2) is 54.6 Å². The number of hydrogen-bond donors (Lipinski definition) is 1. The molecule has 2 rings (SSSR count). The van der Waals surface area contributed by atoms with Crippen LogP contribution in [0.25, 0.3) is 0 Å². The van der Waals surface area contributed by atoms with Gasteiger partial charge in [-0.2, -0.15) is 0 Å². The third kappa shape index (κ3) is 5.11. The highest BCUT2D eigenvalue weighted by Gasteiger charge is 2.49. The minimum atomic E-state index is -2.22. The van der Waals surface area contributed by atoms with Crippen LogP contribution in [0.1, 0.15) is 44.1 Å². The molecular weight excluding hydrogens is 411 g/mol. The third-order valence-corrected chi connectivity index (χ3v) is 10.7. The number of aliphatic hydroxyl groups is 1. The summed E-state index contributed by atoms with van der Waals surface area (Å²) in [6.07, 6.45) is -1.83. The van der Waals surface area contributed by atoms with Crippen molar-refractivity contribution in [1.82, 2.24) is 0 Å². The van der Waals surface area contributed by atoms with Gasteiger partial charge in [-0.05, 0) is 41.4 Å². The number of benzene rings is 2. The Morgan fingerprint density at radius 3 is 1.89 bits per heavy atom. The molecule has 3 nitrogen and oxygen atoms in total. The number of methoxy groups -OCH3 is 1. The van der Waals surface area contributed by atoms with Crippen molar-refractivity contribution in [2.45, 2.75) is 55.4 Å². The van der Waals surface area contributed by atoms with Crippen LogP contribution in [0.2, 0.25) is 18.1 Å². The van der Waals surface area contributed by atoms with Gasteiger partial charge in [0.15, 0.2) is 12.7 Å². The summed E-state index contributed by atoms with van der Waals surface area (Å²) in [5.41, 5.74) is 1.44. The van der Waals surface area contributed by atoms with Crippen molar-refractivity contribution >= 4 is 31.5 Å². The summed E-state index contributed by atoms with van der Waals surface area (Å²) < 4.78 is 10.2. The molecule has 1 N–H and O–H groups in total. The lowest BCUT2D eigenvalue weighted by atomic mass is 9.97. The van der Waals surface area contributed by atoms with Crippen LogP contribution in [-0.4, -0.2) is 24.9 Å². The first kappa shape index (κ1) is 23.2. The average molecular weight is 441 g/mol. The van der Waals surface area contributed by atoms with Crippen LogP contribution >= 0.6 is 23.2 Å². The quantitative estimate of drug-likeness (QED) is 0.385. The van der Waals surface area contributed by atoms with Gasteiger partial charge in [0.1, 0.15) is 18.0 Å². The van der Waals surface area contributed by atoms with Crippen molar-refractivity contribution in [3.05, 3.63) is 65.7 Å². The second-order valence-electron chi connectivity index (χ2n) is 8.52. The van der Waals surface area contributed by atoms with Crippen LogP contribution in [0.3, 0.4) is 0 Å². The second kappa shape index (κ2) is 8.76. The molecule has 0 aliphatic heterocycles. The summed E-state index contributed by atoms with van der Waals surface area (Å²) in [6, 6.07) is 16.7. The maximum absolute atomic E-state index is 11.1. The molecule has 2 aromatic rings. The second-order valence-corrected chi connectivity index (χ2v) is 14.7. The Morgan fingerprint density at radius 1 is 0.893 bits per heavy atom. The highest BCUT2D eigenvalue weighted by atomic mass is 35.5. The Hall–Kier alpha value is -1.04. The standard InChI is InChI=1S/C22H30Cl2O3Si/c1-21(2,3)28(5,6)27-20(17-10-8-7-9-11-17)22(23,24)19(25)16-12-14-18(26-4)15-13-16/h7-15,19-20,25H,1-6H3. The summed E-state index contributed by atoms with van der Waals surface area (Å²) in [6.45, 7) is 10.8. The SMILES string of the molecule is COc1ccc(C(O)C(Cl)(Cl)C(O[Si](C)(C)C(C)(C)C)c2ccccc2)cc1. The van der Waals surface area contributed by atoms with Crippen LogP contribution in [-0.2, 0) is 4.43 Å². The maximum atomic E-state index is 11.1. The average Bonchev–Trinajstić information content (AvgIpc) is 2.65. The molecule has 0 fully saturated rings. The van der Waals surface area contributed by atoms with Gasteiger partial charge in [0, 0.05) is 0 Å². The number of aliphatic hydroxyl groups excluding tert-OH is 1. The Morgan fingerprint density at radius 2 is 1.43 bits per heavy atom. The molecule has 2 atom stereocenters. The van der Waals surface area contributed by atoms with E-state index in [0.29, 0.717) is 11.3 Å². The molecule has 154 valence electrons. The predicted octanol–water partition coefficient (Wildman–Crippen LogP) is 6.67. The molecule has 0 aliphatic carbocycles. The third-order valence-electron chi connectivity index (χ3n) is 5.47. The molecule has 28 heavy (non-hydrogen) atoms. The summed E-state index contributed by atoms with van der Waals surface area (Å²) in [5.74, 6) is 0.697. The van der Waals surface area contributed by atoms with Gasteiger partial charge < -0.3 is 14.3 Å². The van der Waals surface area contributed by atoms with Gasteiger partial charge in [-0.25, -0.2) is 0 Å². The Balaban J connectivity index is 2.45. The zero-order valence-corrected chi connectivity index (χ0v) is 19.9. The zero-order valence-electron chi connectivity index (χ0n) is 17.4. The number of rotatable bonds is 7. The topological polar surface area (TPSA) is 38.7 Å². The van der Waals surface area contributed by atoms with E-state index in [0.717, 1.165) is 5.56 Å². The first-order valence-corrected chi connectivity index (χ1v) is 13.0. The summed E-state index contributed by atoms with van der Waals surface area (Å²) in [7, 11) is -0.628. The van der Waals surface area contributed by atoms with E-state index in [9.17, 15) is 5.11 Å². The van der Waals surface area contributed by atoms with E-state index in [1.165, 1.54) is 0 Å². The van der Waals surface area contributed by atoms with E-state index in [1.54, 1.807) is 31.4 Å². The van der Waals surface area contributed by atoms with E-state index in [4.69, 9.17) is 32.4 Å². The summed E-state index contributed by atoms with van der Waals surface area (Å²) in [4.78, 5) is 0. The molecule has 0 bridgehead atoms. The largest absolute Gasteiger partial charge is 0.497 e. The molecule has 0 aliphatic rings. The number of halogens is 2. The molecule has 0 aromatic heterocycles. The lowest BCUT2D eigenvalue weighted by molar-refractivity contribution is 0.0734. The molecule has 0 saturated carbocycles. The molecule has 0 amide bonds. The maximum Gasteiger partial charge on any atom is 0.193 e. The summed E-state index contributed by atoms with van der Waals surface area (Å²) >= 11 is 13.7. The molecule has 0 spiro atoms. The van der Waals surface area contributed by atoms with E-state index < -0.39 is 24.9 Å². The van der Waals surface area contributed by atoms with E-state index >= 15 is 0 Å². The Labute approximate surface area is 179 Å². The van der Waals surface area contributed by atoms with Crippen LogP contribution in [0.4, 0.5) is 0 Å². The van der Waals surface area contributed by atoms with Gasteiger partial charge in [0.25, 0.3) is 0 Å². The van der Waals surface area contributed by atoms with Gasteiger partial charge >= 0.3 is 0 Å². The van der Waals surface area contributed by atoms with Crippen LogP contribution < -0.4 is 4.74 Å². The number of ether oxygens (including phenoxy) is 1. The van der Waals surface area contributed by atoms with Crippen molar-refractivity contribution in [3.63, 3.8) is 0 Å². The highest BCUT2D eigenvalue weighted by molar-refractivity contribution is 6.74. The van der Waals surface area contributed by atoms with Gasteiger partial charge in [0.2, 0.25) is 0 Å². The lowest BCUT2D eigenvalue weighted by Gasteiger charge is -2.43. The molecule has 0 heterocycles. The monoisotopic (exact) mass is 440 g/mol. The van der Waals surface area contributed by atoms with Crippen molar-refractivity contribution < 1.29 is 14.3 Å². The predicted molar refractivity (Wildman–Crippen MR) is 120 cm³/mol. The highest BCUT2D eigenvalue weighted by Crippen LogP contribution is 2.51. The first-order valence-electron chi connectivity index (χ1n) is 9.33. The van der Waals surface area contributed by atoms with Crippen molar-refractivity contribution in [3.8, 4) is 5.75 Å². The molecule has 2 unspecified atom stereocenters. The first-order chi connectivity index (χ1) is 12.9. The summed E-state index contributed by atoms with van der Waals surface area (Å²) in [5, 5.41) is 11.0. The van der Waals surface area contributed by atoms with Crippen molar-refractivity contribution in [2.75, 3.05) is 7.11 Å². The van der Waals surface area contributed by atoms with Crippen molar-refractivity contribution in [2.24, 2.45) is 0 Å². The fraction of sp³-hybridized carbons (Fsp3) is 0.455. The lowest BCUT2D eigenvalue weighted by Crippen LogP contribution is -2.46. The Kier molecular flexibility index (Phi) is 7.27. The molecule has 0 radical (unpaired) electrons. The van der Waals surface area contributed by atoms with Crippen LogP contribution in [0.5, 0.6) is 5.75 Å². The number of hydrogen-bond acceptors (Lipinski definition) is 3. The fourth-order valence-electron chi connectivity index (χ4n) is 2.62. The van der Waals surface area contributed by atoms with E-state index in [-0.39, 0.29) is 5.04 Å². The van der Waals surface area contributed by atoms with E-state index in [2.05, 4.69) is 33.9 Å². The molecular formula is C22H30Cl2O3Si. The van der Waals surface area contributed by atoms with Gasteiger partial charge in [-0.3, -0.25) is 0 Å². The fourth-order valence-corrected chi connectivity index (χ4v) is 4.63. The van der Waals surface area contributed by atoms with Gasteiger partial charge in [-0.1, -0.05) is 86.4 Å². The molecule has 6 heteroatoms. The van der Waals surface area contributed by atoms with Gasteiger partial charge in [-0.15, -0.1) is 0 Å². The Bertz CT molecular complexity index is 756. The minimum Gasteiger partial charge on any atom is -0.497 e. The van der Waals surface area contributed by atoms with Crippen molar-refractivity contribution in [1.29, 1.82) is 0 Å². The zero-order chi connectivity index (χ0) is 21.2. The molecule has 0 saturated heterocycles. The van der Waals surface area contributed by atoms with Gasteiger partial charge in [0.05, 0.1) is 7.11 Å². The molecule has 2 aromatic carbocycles. The number of alkyl halides is 2.